The molecule has 1 aromatic heterocycles. The van der Waals surface area contributed by atoms with Crippen molar-refractivity contribution in [1.82, 2.24) is 4.98 Å². The van der Waals surface area contributed by atoms with Crippen LogP contribution in [0.15, 0.2) is 24.4 Å². The average molecular weight is 216 g/mol. The van der Waals surface area contributed by atoms with Crippen molar-refractivity contribution in [3.05, 3.63) is 30.1 Å². The van der Waals surface area contributed by atoms with Crippen LogP contribution in [0.1, 0.15) is 38.3 Å². The molecule has 0 fully saturated rings. The van der Waals surface area contributed by atoms with Crippen LogP contribution in [0.2, 0.25) is 0 Å². The molecule has 0 N–H and O–H groups in total. The van der Waals surface area contributed by atoms with Crippen molar-refractivity contribution in [2.45, 2.75) is 32.6 Å². The first-order chi connectivity index (χ1) is 7.70. The number of carbonyl (C=O) groups excluding carboxylic acids is 1. The van der Waals surface area contributed by atoms with Crippen molar-refractivity contribution >= 4 is 5.78 Å². The van der Waals surface area contributed by atoms with Crippen LogP contribution in [0, 0.1) is 17.2 Å². The number of ketones is 1. The fourth-order valence-corrected chi connectivity index (χ4v) is 1.68. The second-order valence-corrected chi connectivity index (χ2v) is 3.91. The Kier molecular flexibility index (Phi) is 4.65. The Bertz CT molecular complexity index is 381. The van der Waals surface area contributed by atoms with E-state index in [0.717, 1.165) is 12.8 Å². The summed E-state index contributed by atoms with van der Waals surface area (Å²) in [5.74, 6) is -0.817. The Morgan fingerprint density at radius 1 is 1.56 bits per heavy atom. The number of carbonyl (C=O) groups is 1. The molecule has 0 radical (unpaired) electrons. The number of pyridine rings is 1. The Morgan fingerprint density at radius 2 is 2.31 bits per heavy atom. The normalized spacial score (nSPS) is 13.8. The number of hydrogen-bond donors (Lipinski definition) is 0. The molecule has 0 saturated carbocycles. The van der Waals surface area contributed by atoms with E-state index in [-0.39, 0.29) is 11.7 Å². The SMILES string of the molecule is CCCC(C)C(=O)C(C#N)c1ccccn1. The van der Waals surface area contributed by atoms with Gasteiger partial charge in [-0.1, -0.05) is 26.3 Å². The van der Waals surface area contributed by atoms with Gasteiger partial charge in [0.1, 0.15) is 5.92 Å². The van der Waals surface area contributed by atoms with Gasteiger partial charge in [-0.05, 0) is 18.6 Å². The van der Waals surface area contributed by atoms with Crippen molar-refractivity contribution in [1.29, 1.82) is 5.26 Å². The van der Waals surface area contributed by atoms with Crippen LogP contribution in [0.4, 0.5) is 0 Å². The standard InChI is InChI=1S/C13H16N2O/c1-3-6-10(2)13(16)11(9-14)12-7-4-5-8-15-12/h4-5,7-8,10-11H,3,6H2,1-2H3. The monoisotopic (exact) mass is 216 g/mol. The maximum Gasteiger partial charge on any atom is 0.158 e. The van der Waals surface area contributed by atoms with E-state index in [4.69, 9.17) is 5.26 Å². The van der Waals surface area contributed by atoms with Crippen LogP contribution in [0.5, 0.6) is 0 Å². The van der Waals surface area contributed by atoms with Gasteiger partial charge >= 0.3 is 0 Å². The summed E-state index contributed by atoms with van der Waals surface area (Å²) in [4.78, 5) is 16.1. The summed E-state index contributed by atoms with van der Waals surface area (Å²) in [6.45, 7) is 3.91. The van der Waals surface area contributed by atoms with E-state index >= 15 is 0 Å². The number of hydrogen-bond acceptors (Lipinski definition) is 3. The number of rotatable bonds is 5. The maximum atomic E-state index is 12.0. The molecule has 0 aliphatic carbocycles. The molecule has 0 aromatic carbocycles. The van der Waals surface area contributed by atoms with Gasteiger partial charge in [0.05, 0.1) is 11.8 Å². The summed E-state index contributed by atoms with van der Waals surface area (Å²) in [7, 11) is 0. The third-order valence-corrected chi connectivity index (χ3v) is 2.60. The van der Waals surface area contributed by atoms with Crippen LogP contribution < -0.4 is 0 Å². The van der Waals surface area contributed by atoms with E-state index in [1.54, 1.807) is 24.4 Å². The minimum atomic E-state index is -0.720. The van der Waals surface area contributed by atoms with Gasteiger partial charge in [-0.3, -0.25) is 9.78 Å². The fourth-order valence-electron chi connectivity index (χ4n) is 1.68. The summed E-state index contributed by atoms with van der Waals surface area (Å²) in [6, 6.07) is 7.34. The molecule has 84 valence electrons. The Hall–Kier alpha value is -1.69. The van der Waals surface area contributed by atoms with Crippen molar-refractivity contribution in [2.24, 2.45) is 5.92 Å². The highest BCUT2D eigenvalue weighted by atomic mass is 16.1. The van der Waals surface area contributed by atoms with Crippen LogP contribution in [0.3, 0.4) is 0 Å². The smallest absolute Gasteiger partial charge is 0.158 e. The summed E-state index contributed by atoms with van der Waals surface area (Å²) < 4.78 is 0. The lowest BCUT2D eigenvalue weighted by molar-refractivity contribution is -0.122. The molecule has 0 aliphatic rings. The Morgan fingerprint density at radius 3 is 2.81 bits per heavy atom. The second-order valence-electron chi connectivity index (χ2n) is 3.91. The van der Waals surface area contributed by atoms with Crippen molar-refractivity contribution in [2.75, 3.05) is 0 Å². The zero-order valence-electron chi connectivity index (χ0n) is 9.68. The summed E-state index contributed by atoms with van der Waals surface area (Å²) in [6.07, 6.45) is 3.38. The van der Waals surface area contributed by atoms with E-state index in [1.165, 1.54) is 0 Å². The summed E-state index contributed by atoms with van der Waals surface area (Å²) in [5, 5.41) is 9.06. The first-order valence-electron chi connectivity index (χ1n) is 5.55. The van der Waals surface area contributed by atoms with Gasteiger partial charge in [-0.15, -0.1) is 0 Å². The van der Waals surface area contributed by atoms with Crippen LogP contribution >= 0.6 is 0 Å². The lowest BCUT2D eigenvalue weighted by atomic mass is 9.89. The number of nitriles is 1. The molecule has 0 aliphatic heterocycles. The van der Waals surface area contributed by atoms with Gasteiger partial charge in [0.25, 0.3) is 0 Å². The number of aromatic nitrogens is 1. The van der Waals surface area contributed by atoms with E-state index in [9.17, 15) is 4.79 Å². The molecule has 3 heteroatoms. The molecule has 1 rings (SSSR count). The molecular formula is C13H16N2O. The lowest BCUT2D eigenvalue weighted by Gasteiger charge is -2.12. The summed E-state index contributed by atoms with van der Waals surface area (Å²) in [5.41, 5.74) is 0.554. The molecule has 1 aromatic rings. The van der Waals surface area contributed by atoms with Crippen molar-refractivity contribution < 1.29 is 4.79 Å². The second kappa shape index (κ2) is 6.02. The molecule has 0 bridgehead atoms. The van der Waals surface area contributed by atoms with Gasteiger partial charge in [0.2, 0.25) is 0 Å². The van der Waals surface area contributed by atoms with Gasteiger partial charge in [-0.25, -0.2) is 0 Å². The quantitative estimate of drug-likeness (QED) is 0.760. The maximum absolute atomic E-state index is 12.0. The number of nitrogens with zero attached hydrogens (tertiary/aromatic N) is 2. The molecule has 0 spiro atoms. The number of Topliss-reactive ketones (excluding diaryl/α,β-unsaturated/α-hetero) is 1. The minimum Gasteiger partial charge on any atom is -0.297 e. The third-order valence-electron chi connectivity index (χ3n) is 2.60. The van der Waals surface area contributed by atoms with Gasteiger partial charge in [0.15, 0.2) is 5.78 Å². The zero-order chi connectivity index (χ0) is 12.0. The Labute approximate surface area is 96.1 Å². The summed E-state index contributed by atoms with van der Waals surface area (Å²) >= 11 is 0. The third kappa shape index (κ3) is 2.90. The first kappa shape index (κ1) is 12.4. The van der Waals surface area contributed by atoms with Gasteiger partial charge in [-0.2, -0.15) is 5.26 Å². The van der Waals surface area contributed by atoms with Crippen LogP contribution in [-0.2, 0) is 4.79 Å². The van der Waals surface area contributed by atoms with Crippen molar-refractivity contribution in [3.63, 3.8) is 0 Å². The van der Waals surface area contributed by atoms with Gasteiger partial charge in [0, 0.05) is 12.1 Å². The van der Waals surface area contributed by atoms with Crippen LogP contribution in [0.25, 0.3) is 0 Å². The Balaban J connectivity index is 2.84. The van der Waals surface area contributed by atoms with Gasteiger partial charge < -0.3 is 0 Å². The predicted molar refractivity (Wildman–Crippen MR) is 61.7 cm³/mol. The lowest BCUT2D eigenvalue weighted by Crippen LogP contribution is -2.19. The highest BCUT2D eigenvalue weighted by Crippen LogP contribution is 2.20. The molecule has 0 amide bonds. The highest BCUT2D eigenvalue weighted by molar-refractivity contribution is 5.89. The predicted octanol–water partition coefficient (Wildman–Crippen LogP) is 2.69. The zero-order valence-corrected chi connectivity index (χ0v) is 9.68. The molecular weight excluding hydrogens is 200 g/mol. The molecule has 0 saturated heterocycles. The minimum absolute atomic E-state index is 0.0250. The topological polar surface area (TPSA) is 53.8 Å². The van der Waals surface area contributed by atoms with Crippen molar-refractivity contribution in [3.8, 4) is 6.07 Å². The highest BCUT2D eigenvalue weighted by Gasteiger charge is 2.25. The first-order valence-corrected chi connectivity index (χ1v) is 5.55. The van der Waals surface area contributed by atoms with Crippen LogP contribution in [-0.4, -0.2) is 10.8 Å². The largest absolute Gasteiger partial charge is 0.297 e. The van der Waals surface area contributed by atoms with E-state index in [1.807, 2.05) is 19.9 Å². The van der Waals surface area contributed by atoms with E-state index in [0.29, 0.717) is 5.69 Å². The van der Waals surface area contributed by atoms with E-state index in [2.05, 4.69) is 4.98 Å². The molecule has 2 atom stereocenters. The molecule has 1 heterocycles. The van der Waals surface area contributed by atoms with E-state index < -0.39 is 5.92 Å². The molecule has 16 heavy (non-hydrogen) atoms. The fraction of sp³-hybridized carbons (Fsp3) is 0.462. The molecule has 3 nitrogen and oxygen atoms in total. The molecule has 2 unspecified atom stereocenters. The average Bonchev–Trinajstić information content (AvgIpc) is 2.31.